The molecule has 0 amide bonds. The van der Waals surface area contributed by atoms with Crippen LogP contribution in [0.15, 0.2) is 35.7 Å². The third-order valence-corrected chi connectivity index (χ3v) is 4.62. The van der Waals surface area contributed by atoms with Crippen LogP contribution in [0.5, 0.6) is 0 Å². The molecule has 0 aliphatic carbocycles. The van der Waals surface area contributed by atoms with Crippen LogP contribution >= 0.6 is 22.9 Å². The van der Waals surface area contributed by atoms with Gasteiger partial charge in [-0.3, -0.25) is 4.90 Å². The molecule has 2 aromatic rings. The number of nitrogens with two attached hydrogens (primary N) is 1. The van der Waals surface area contributed by atoms with Gasteiger partial charge in [-0.1, -0.05) is 23.7 Å². The summed E-state index contributed by atoms with van der Waals surface area (Å²) in [5.41, 5.74) is 6.55. The molecule has 2 nitrogen and oxygen atoms in total. The average Bonchev–Trinajstić information content (AvgIpc) is 2.93. The van der Waals surface area contributed by atoms with E-state index >= 15 is 0 Å². The smallest absolute Gasteiger partial charge is 0.129 e. The largest absolute Gasteiger partial charge is 0.329 e. The minimum Gasteiger partial charge on any atom is -0.329 e. The van der Waals surface area contributed by atoms with Crippen LogP contribution < -0.4 is 5.73 Å². The minimum absolute atomic E-state index is 0.163. The molecule has 21 heavy (non-hydrogen) atoms. The molecule has 0 saturated carbocycles. The molecule has 0 fully saturated rings. The fourth-order valence-corrected chi connectivity index (χ4v) is 3.32. The lowest BCUT2D eigenvalue weighted by Crippen LogP contribution is -2.38. The van der Waals surface area contributed by atoms with E-state index < -0.39 is 0 Å². The van der Waals surface area contributed by atoms with E-state index in [1.807, 2.05) is 11.4 Å². The Morgan fingerprint density at radius 1 is 1.33 bits per heavy atom. The van der Waals surface area contributed by atoms with E-state index in [0.29, 0.717) is 17.1 Å². The predicted molar refractivity (Wildman–Crippen MR) is 88.2 cm³/mol. The second-order valence-corrected chi connectivity index (χ2v) is 6.73. The van der Waals surface area contributed by atoms with Crippen molar-refractivity contribution in [2.24, 2.45) is 5.73 Å². The third-order valence-electron chi connectivity index (χ3n) is 3.53. The summed E-state index contributed by atoms with van der Waals surface area (Å²) >= 11 is 7.54. The molecule has 0 saturated heterocycles. The highest BCUT2D eigenvalue weighted by molar-refractivity contribution is 7.09. The Labute approximate surface area is 134 Å². The number of hydrogen-bond acceptors (Lipinski definition) is 3. The molecular weight excluding hydrogens is 307 g/mol. The summed E-state index contributed by atoms with van der Waals surface area (Å²) in [7, 11) is 0. The van der Waals surface area contributed by atoms with E-state index in [-0.39, 0.29) is 17.9 Å². The van der Waals surface area contributed by atoms with E-state index in [4.69, 9.17) is 17.3 Å². The van der Waals surface area contributed by atoms with E-state index in [1.54, 1.807) is 23.5 Å². The Morgan fingerprint density at radius 3 is 2.62 bits per heavy atom. The Hall–Kier alpha value is -0.940. The molecule has 0 aliphatic rings. The first-order chi connectivity index (χ1) is 10.0. The highest BCUT2D eigenvalue weighted by Gasteiger charge is 2.24. The second-order valence-electron chi connectivity index (χ2n) is 5.26. The quantitative estimate of drug-likeness (QED) is 0.849. The van der Waals surface area contributed by atoms with Crippen molar-refractivity contribution in [2.75, 3.05) is 6.54 Å². The minimum atomic E-state index is -0.297. The van der Waals surface area contributed by atoms with Crippen LogP contribution in [0.4, 0.5) is 4.39 Å². The first-order valence-corrected chi connectivity index (χ1v) is 8.21. The standard InChI is InChI=1S/C16H20ClFN2S/c1-11(2)20(10-13-4-3-7-21-13)16(9-19)14-6-5-12(17)8-15(14)18/h3-8,11,16H,9-10,19H2,1-2H3. The van der Waals surface area contributed by atoms with Gasteiger partial charge in [-0.25, -0.2) is 4.39 Å². The van der Waals surface area contributed by atoms with Gasteiger partial charge in [0.15, 0.2) is 0 Å². The molecule has 2 N–H and O–H groups in total. The summed E-state index contributed by atoms with van der Waals surface area (Å²) in [6.07, 6.45) is 0. The van der Waals surface area contributed by atoms with E-state index in [0.717, 1.165) is 6.54 Å². The van der Waals surface area contributed by atoms with Crippen LogP contribution in [0.3, 0.4) is 0 Å². The van der Waals surface area contributed by atoms with Gasteiger partial charge in [0.25, 0.3) is 0 Å². The van der Waals surface area contributed by atoms with Crippen LogP contribution in [-0.2, 0) is 6.54 Å². The number of nitrogens with zero attached hydrogens (tertiary/aromatic N) is 1. The van der Waals surface area contributed by atoms with Crippen molar-refractivity contribution in [3.05, 3.63) is 57.0 Å². The normalized spacial score (nSPS) is 13.1. The molecule has 114 valence electrons. The first kappa shape index (κ1) is 16.4. The van der Waals surface area contributed by atoms with Crippen molar-refractivity contribution in [3.63, 3.8) is 0 Å². The zero-order valence-electron chi connectivity index (χ0n) is 12.2. The number of benzene rings is 1. The van der Waals surface area contributed by atoms with Gasteiger partial charge >= 0.3 is 0 Å². The Kier molecular flexibility index (Phi) is 5.76. The molecule has 1 unspecified atom stereocenters. The highest BCUT2D eigenvalue weighted by Crippen LogP contribution is 2.28. The molecule has 1 heterocycles. The molecule has 0 bridgehead atoms. The van der Waals surface area contributed by atoms with Crippen LogP contribution in [-0.4, -0.2) is 17.5 Å². The average molecular weight is 327 g/mol. The van der Waals surface area contributed by atoms with Crippen molar-refractivity contribution in [2.45, 2.75) is 32.5 Å². The lowest BCUT2D eigenvalue weighted by Gasteiger charge is -2.34. The lowest BCUT2D eigenvalue weighted by molar-refractivity contribution is 0.146. The molecule has 0 aliphatic heterocycles. The Bertz CT molecular complexity index is 572. The van der Waals surface area contributed by atoms with Crippen LogP contribution in [0.25, 0.3) is 0 Å². The van der Waals surface area contributed by atoms with Crippen molar-refractivity contribution in [3.8, 4) is 0 Å². The van der Waals surface area contributed by atoms with Crippen molar-refractivity contribution in [1.82, 2.24) is 4.90 Å². The zero-order valence-corrected chi connectivity index (χ0v) is 13.8. The van der Waals surface area contributed by atoms with Gasteiger partial charge in [-0.2, -0.15) is 0 Å². The number of halogens is 2. The molecule has 2 rings (SSSR count). The fourth-order valence-electron chi connectivity index (χ4n) is 2.45. The van der Waals surface area contributed by atoms with Crippen molar-refractivity contribution < 1.29 is 4.39 Å². The SMILES string of the molecule is CC(C)N(Cc1cccs1)C(CN)c1ccc(Cl)cc1F. The van der Waals surface area contributed by atoms with Gasteiger partial charge in [0.05, 0.1) is 6.04 Å². The molecule has 1 aromatic heterocycles. The summed E-state index contributed by atoms with van der Waals surface area (Å²) in [6, 6.07) is 9.01. The molecule has 1 atom stereocenters. The summed E-state index contributed by atoms with van der Waals surface area (Å²) in [5.74, 6) is -0.297. The molecule has 1 aromatic carbocycles. The lowest BCUT2D eigenvalue weighted by atomic mass is 10.0. The number of rotatable bonds is 6. The summed E-state index contributed by atoms with van der Waals surface area (Å²) in [6.45, 7) is 5.33. The molecule has 0 spiro atoms. The summed E-state index contributed by atoms with van der Waals surface area (Å²) in [4.78, 5) is 3.47. The van der Waals surface area contributed by atoms with E-state index in [1.165, 1.54) is 10.9 Å². The highest BCUT2D eigenvalue weighted by atomic mass is 35.5. The van der Waals surface area contributed by atoms with E-state index in [9.17, 15) is 4.39 Å². The second kappa shape index (κ2) is 7.36. The van der Waals surface area contributed by atoms with Gasteiger partial charge in [-0.05, 0) is 37.4 Å². The van der Waals surface area contributed by atoms with Gasteiger partial charge in [-0.15, -0.1) is 11.3 Å². The zero-order chi connectivity index (χ0) is 15.4. The topological polar surface area (TPSA) is 29.3 Å². The first-order valence-electron chi connectivity index (χ1n) is 6.96. The third kappa shape index (κ3) is 4.04. The Morgan fingerprint density at radius 2 is 2.10 bits per heavy atom. The maximum absolute atomic E-state index is 14.2. The molecular formula is C16H20ClFN2S. The summed E-state index contributed by atoms with van der Waals surface area (Å²) < 4.78 is 14.2. The van der Waals surface area contributed by atoms with Crippen molar-refractivity contribution in [1.29, 1.82) is 0 Å². The van der Waals surface area contributed by atoms with Gasteiger partial charge < -0.3 is 5.73 Å². The van der Waals surface area contributed by atoms with Crippen LogP contribution in [0.1, 0.15) is 30.3 Å². The van der Waals surface area contributed by atoms with Gasteiger partial charge in [0, 0.05) is 34.6 Å². The molecule has 5 heteroatoms. The maximum atomic E-state index is 14.2. The number of thiophene rings is 1. The van der Waals surface area contributed by atoms with Gasteiger partial charge in [0.1, 0.15) is 5.82 Å². The van der Waals surface area contributed by atoms with E-state index in [2.05, 4.69) is 24.8 Å². The molecule has 0 radical (unpaired) electrons. The van der Waals surface area contributed by atoms with Crippen LogP contribution in [0, 0.1) is 5.82 Å². The van der Waals surface area contributed by atoms with Gasteiger partial charge in [0.2, 0.25) is 0 Å². The van der Waals surface area contributed by atoms with Crippen LogP contribution in [0.2, 0.25) is 5.02 Å². The van der Waals surface area contributed by atoms with Crippen molar-refractivity contribution >= 4 is 22.9 Å². The monoisotopic (exact) mass is 326 g/mol. The Balaban J connectivity index is 2.31. The maximum Gasteiger partial charge on any atom is 0.129 e. The number of hydrogen-bond donors (Lipinski definition) is 1. The predicted octanol–water partition coefficient (Wildman–Crippen LogP) is 4.45. The summed E-state index contributed by atoms with van der Waals surface area (Å²) in [5, 5.41) is 2.45. The fraction of sp³-hybridized carbons (Fsp3) is 0.375.